The lowest BCUT2D eigenvalue weighted by atomic mass is 10.2. The molecule has 112 valence electrons. The summed E-state index contributed by atoms with van der Waals surface area (Å²) < 4.78 is 24.1. The van der Waals surface area contributed by atoms with Crippen molar-refractivity contribution in [3.63, 3.8) is 0 Å². The molecular weight excluding hydrogens is 329 g/mol. The summed E-state index contributed by atoms with van der Waals surface area (Å²) in [5.41, 5.74) is -1.18. The van der Waals surface area contributed by atoms with Crippen LogP contribution in [0.25, 0.3) is 0 Å². The molecule has 9 heteroatoms. The van der Waals surface area contributed by atoms with E-state index in [4.69, 9.17) is 33.1 Å². The minimum Gasteiger partial charge on any atom is -0.478 e. The Labute approximate surface area is 126 Å². The lowest BCUT2D eigenvalue weighted by Crippen LogP contribution is -2.33. The van der Waals surface area contributed by atoms with Crippen molar-refractivity contribution in [2.45, 2.75) is 31.3 Å². The number of rotatable bonds is 4. The lowest BCUT2D eigenvalue weighted by Gasteiger charge is -2.19. The van der Waals surface area contributed by atoms with Gasteiger partial charge in [0, 0.05) is 5.02 Å². The second-order valence-electron chi connectivity index (χ2n) is 4.87. The number of halogens is 2. The average molecular weight is 342 g/mol. The summed E-state index contributed by atoms with van der Waals surface area (Å²) in [5.74, 6) is -1.38. The van der Waals surface area contributed by atoms with E-state index in [1.807, 2.05) is 4.89 Å². The summed E-state index contributed by atoms with van der Waals surface area (Å²) in [6, 6.07) is 2.11. The number of benzene rings is 1. The first-order valence-electron chi connectivity index (χ1n) is 5.36. The van der Waals surface area contributed by atoms with Crippen molar-refractivity contribution in [2.24, 2.45) is 0 Å². The van der Waals surface area contributed by atoms with Gasteiger partial charge < -0.3 is 5.11 Å². The standard InChI is InChI=1S/C11H13Cl2NO5S/c1-11(2,3)19-14-20(17,18)8-5-6(12)4-7(9(8)13)10(15)16/h4-5,14H,1-3H3,(H,15,16). The molecule has 0 bridgehead atoms. The van der Waals surface area contributed by atoms with Crippen LogP contribution in [0, 0.1) is 0 Å². The highest BCUT2D eigenvalue weighted by molar-refractivity contribution is 7.89. The quantitative estimate of drug-likeness (QED) is 0.821. The van der Waals surface area contributed by atoms with E-state index in [0.29, 0.717) is 0 Å². The minimum atomic E-state index is -4.15. The van der Waals surface area contributed by atoms with Gasteiger partial charge in [-0.15, -0.1) is 0 Å². The molecule has 0 amide bonds. The molecule has 0 aliphatic rings. The Bertz CT molecular complexity index is 637. The maximum Gasteiger partial charge on any atom is 0.337 e. The van der Waals surface area contributed by atoms with E-state index in [1.165, 1.54) is 0 Å². The van der Waals surface area contributed by atoms with Crippen LogP contribution in [-0.4, -0.2) is 25.1 Å². The molecule has 0 heterocycles. The van der Waals surface area contributed by atoms with Crippen molar-refractivity contribution >= 4 is 39.2 Å². The molecule has 1 aromatic carbocycles. The van der Waals surface area contributed by atoms with Crippen LogP contribution in [0.1, 0.15) is 31.1 Å². The molecule has 0 atom stereocenters. The van der Waals surface area contributed by atoms with Gasteiger partial charge >= 0.3 is 5.97 Å². The van der Waals surface area contributed by atoms with Gasteiger partial charge in [0.25, 0.3) is 10.0 Å². The number of carboxylic acids is 1. The summed E-state index contributed by atoms with van der Waals surface area (Å²) >= 11 is 11.5. The van der Waals surface area contributed by atoms with Crippen LogP contribution in [0.5, 0.6) is 0 Å². The zero-order valence-corrected chi connectivity index (χ0v) is 13.2. The van der Waals surface area contributed by atoms with Gasteiger partial charge in [0.2, 0.25) is 0 Å². The largest absolute Gasteiger partial charge is 0.478 e. The summed E-state index contributed by atoms with van der Waals surface area (Å²) in [6.45, 7) is 4.91. The summed E-state index contributed by atoms with van der Waals surface area (Å²) in [4.78, 5) is 17.4. The monoisotopic (exact) mass is 341 g/mol. The zero-order valence-electron chi connectivity index (χ0n) is 10.9. The van der Waals surface area contributed by atoms with E-state index in [2.05, 4.69) is 0 Å². The van der Waals surface area contributed by atoms with Crippen LogP contribution < -0.4 is 4.89 Å². The van der Waals surface area contributed by atoms with Crippen LogP contribution >= 0.6 is 23.2 Å². The van der Waals surface area contributed by atoms with Crippen LogP contribution in [0.4, 0.5) is 0 Å². The maximum atomic E-state index is 12.1. The predicted octanol–water partition coefficient (Wildman–Crippen LogP) is 2.70. The molecule has 20 heavy (non-hydrogen) atoms. The topological polar surface area (TPSA) is 92.7 Å². The second-order valence-corrected chi connectivity index (χ2v) is 7.30. The number of carbonyl (C=O) groups is 1. The molecule has 0 aromatic heterocycles. The van der Waals surface area contributed by atoms with E-state index in [0.717, 1.165) is 12.1 Å². The second kappa shape index (κ2) is 5.87. The first-order chi connectivity index (χ1) is 8.94. The Balaban J connectivity index is 3.29. The highest BCUT2D eigenvalue weighted by Gasteiger charge is 2.25. The SMILES string of the molecule is CC(C)(C)ONS(=O)(=O)c1cc(Cl)cc(C(=O)O)c1Cl. The van der Waals surface area contributed by atoms with E-state index in [1.54, 1.807) is 20.8 Å². The smallest absolute Gasteiger partial charge is 0.337 e. The van der Waals surface area contributed by atoms with Crippen molar-refractivity contribution in [1.29, 1.82) is 0 Å². The van der Waals surface area contributed by atoms with Gasteiger partial charge in [0.15, 0.2) is 0 Å². The molecule has 2 N–H and O–H groups in total. The third-order valence-electron chi connectivity index (χ3n) is 1.98. The third kappa shape index (κ3) is 4.32. The van der Waals surface area contributed by atoms with Crippen molar-refractivity contribution in [2.75, 3.05) is 0 Å². The van der Waals surface area contributed by atoms with Crippen LogP contribution in [-0.2, 0) is 14.9 Å². The molecule has 0 spiro atoms. The van der Waals surface area contributed by atoms with Gasteiger partial charge in [-0.3, -0.25) is 4.84 Å². The number of hydrogen-bond acceptors (Lipinski definition) is 4. The van der Waals surface area contributed by atoms with Gasteiger partial charge in [-0.2, -0.15) is 0 Å². The van der Waals surface area contributed by atoms with Gasteiger partial charge in [0.05, 0.1) is 16.2 Å². The normalized spacial score (nSPS) is 12.4. The predicted molar refractivity (Wildman–Crippen MR) is 74.6 cm³/mol. The van der Waals surface area contributed by atoms with Crippen LogP contribution in [0.2, 0.25) is 10.0 Å². The third-order valence-corrected chi connectivity index (χ3v) is 3.92. The number of nitrogens with one attached hydrogen (secondary N) is 1. The lowest BCUT2D eigenvalue weighted by molar-refractivity contribution is -0.0357. The van der Waals surface area contributed by atoms with Gasteiger partial charge in [-0.1, -0.05) is 28.1 Å². The Morgan fingerprint density at radius 3 is 2.30 bits per heavy atom. The Hall–Kier alpha value is -0.860. The number of carboxylic acid groups (broad SMARTS) is 1. The minimum absolute atomic E-state index is 0.0667. The molecule has 1 aromatic rings. The number of hydrogen-bond donors (Lipinski definition) is 2. The van der Waals surface area contributed by atoms with Crippen molar-refractivity contribution < 1.29 is 23.2 Å². The highest BCUT2D eigenvalue weighted by atomic mass is 35.5. The van der Waals surface area contributed by atoms with E-state index in [9.17, 15) is 13.2 Å². The highest BCUT2D eigenvalue weighted by Crippen LogP contribution is 2.29. The van der Waals surface area contributed by atoms with Crippen LogP contribution in [0.3, 0.4) is 0 Å². The van der Waals surface area contributed by atoms with Crippen molar-refractivity contribution in [3.8, 4) is 0 Å². The van der Waals surface area contributed by atoms with E-state index in [-0.39, 0.29) is 5.02 Å². The van der Waals surface area contributed by atoms with E-state index >= 15 is 0 Å². The summed E-state index contributed by atoms with van der Waals surface area (Å²) in [5, 5.41) is 8.45. The van der Waals surface area contributed by atoms with Crippen molar-refractivity contribution in [3.05, 3.63) is 27.7 Å². The molecule has 0 unspecified atom stereocenters. The van der Waals surface area contributed by atoms with Gasteiger partial charge in [-0.05, 0) is 32.9 Å². The molecule has 6 nitrogen and oxygen atoms in total. The molecule has 0 saturated heterocycles. The molecule has 0 radical (unpaired) electrons. The fraction of sp³-hybridized carbons (Fsp3) is 0.364. The molecule has 1 rings (SSSR count). The molecular formula is C11H13Cl2NO5S. The average Bonchev–Trinajstić information content (AvgIpc) is 2.28. The van der Waals surface area contributed by atoms with Crippen molar-refractivity contribution in [1.82, 2.24) is 4.89 Å². The zero-order chi connectivity index (χ0) is 15.7. The van der Waals surface area contributed by atoms with Gasteiger partial charge in [-0.25, -0.2) is 13.2 Å². The molecule has 0 aliphatic heterocycles. The summed E-state index contributed by atoms with van der Waals surface area (Å²) in [6.07, 6.45) is 0. The fourth-order valence-electron chi connectivity index (χ4n) is 1.14. The van der Waals surface area contributed by atoms with Crippen LogP contribution in [0.15, 0.2) is 17.0 Å². The number of aromatic carboxylic acids is 1. The summed E-state index contributed by atoms with van der Waals surface area (Å²) in [7, 11) is -4.15. The molecule has 0 saturated carbocycles. The Morgan fingerprint density at radius 1 is 1.30 bits per heavy atom. The number of sulfonamides is 1. The maximum absolute atomic E-state index is 12.1. The van der Waals surface area contributed by atoms with E-state index < -0.39 is 37.1 Å². The molecule has 0 aliphatic carbocycles. The molecule has 0 fully saturated rings. The Kier molecular flexibility index (Phi) is 5.04. The fourth-order valence-corrected chi connectivity index (χ4v) is 3.00. The Morgan fingerprint density at radius 2 is 1.85 bits per heavy atom. The van der Waals surface area contributed by atoms with Gasteiger partial charge in [0.1, 0.15) is 4.90 Å². The first kappa shape index (κ1) is 17.2. The first-order valence-corrected chi connectivity index (χ1v) is 7.60.